The molecule has 25 heavy (non-hydrogen) atoms. The molecule has 1 saturated heterocycles. The number of likely N-dealkylation sites (N-methyl/N-ethyl adjacent to an activating group) is 2. The van der Waals surface area contributed by atoms with E-state index in [-0.39, 0.29) is 31.1 Å². The maximum Gasteiger partial charge on any atom is 0.326 e. The number of aliphatic hydroxyl groups is 1. The van der Waals surface area contributed by atoms with Crippen LogP contribution in [-0.2, 0) is 14.3 Å². The first-order valence-corrected chi connectivity index (χ1v) is 8.56. The molecule has 0 bridgehead atoms. The Morgan fingerprint density at radius 3 is 2.52 bits per heavy atom. The van der Waals surface area contributed by atoms with Crippen LogP contribution in [0.25, 0.3) is 0 Å². The third-order valence-electron chi connectivity index (χ3n) is 5.16. The second kappa shape index (κ2) is 7.72. The lowest BCUT2D eigenvalue weighted by atomic mass is 9.89. The number of benzene rings is 1. The third kappa shape index (κ3) is 3.66. The van der Waals surface area contributed by atoms with E-state index in [1.807, 2.05) is 24.1 Å². The van der Waals surface area contributed by atoms with Gasteiger partial charge >= 0.3 is 5.97 Å². The van der Waals surface area contributed by atoms with Crippen LogP contribution in [0.2, 0.25) is 5.02 Å². The van der Waals surface area contributed by atoms with E-state index in [4.69, 9.17) is 21.4 Å². The van der Waals surface area contributed by atoms with Gasteiger partial charge in [-0.05, 0) is 38.1 Å². The van der Waals surface area contributed by atoms with Crippen LogP contribution in [-0.4, -0.2) is 66.7 Å². The number of ether oxygens (including phenoxy) is 1. The monoisotopic (exact) mass is 368 g/mol. The van der Waals surface area contributed by atoms with Crippen LogP contribution in [0.4, 0.5) is 0 Å². The molecule has 1 aromatic carbocycles. The average molecular weight is 369 g/mol. The van der Waals surface area contributed by atoms with Crippen LogP contribution >= 0.6 is 11.6 Å². The number of likely N-dealkylation sites (tertiary alicyclic amines) is 1. The number of rotatable bonds is 5. The largest absolute Gasteiger partial charge is 0.468 e. The molecule has 6 nitrogen and oxygen atoms in total. The zero-order valence-electron chi connectivity index (χ0n) is 15.0. The minimum absolute atomic E-state index is 0.103. The van der Waals surface area contributed by atoms with E-state index in [9.17, 15) is 9.59 Å². The highest BCUT2D eigenvalue weighted by atomic mass is 35.5. The standard InChI is InChI=1S/C18H25ClN2O4/c1-18(17(24)25-4)11-14(16(23)20(2)9-10-22)15(21(18)3)12-5-7-13(19)8-6-12/h5-8,14-15,22H,9-11H2,1-4H3/t14-,15-,18-/m0/s1. The van der Waals surface area contributed by atoms with E-state index < -0.39 is 11.5 Å². The van der Waals surface area contributed by atoms with Gasteiger partial charge in [0.25, 0.3) is 0 Å². The van der Waals surface area contributed by atoms with Gasteiger partial charge in [0.05, 0.1) is 19.6 Å². The summed E-state index contributed by atoms with van der Waals surface area (Å²) in [6, 6.07) is 7.02. The van der Waals surface area contributed by atoms with Crippen LogP contribution in [0.15, 0.2) is 24.3 Å². The number of esters is 1. The SMILES string of the molecule is COC(=O)[C@]1(C)C[C@H](C(=O)N(C)CCO)[C@H](c2ccc(Cl)cc2)N1C. The fourth-order valence-electron chi connectivity index (χ4n) is 3.59. The van der Waals surface area contributed by atoms with Crippen LogP contribution in [0.1, 0.15) is 24.9 Å². The average Bonchev–Trinajstić information content (AvgIpc) is 2.87. The number of halogens is 1. The van der Waals surface area contributed by atoms with Crippen molar-refractivity contribution >= 4 is 23.5 Å². The van der Waals surface area contributed by atoms with Gasteiger partial charge < -0.3 is 14.7 Å². The molecule has 1 fully saturated rings. The third-order valence-corrected chi connectivity index (χ3v) is 5.41. The summed E-state index contributed by atoms with van der Waals surface area (Å²) in [5.74, 6) is -0.894. The molecular formula is C18H25ClN2O4. The van der Waals surface area contributed by atoms with E-state index in [0.29, 0.717) is 11.4 Å². The molecule has 138 valence electrons. The molecule has 2 rings (SSSR count). The number of carbonyl (C=O) groups is 2. The van der Waals surface area contributed by atoms with Gasteiger partial charge in [-0.15, -0.1) is 0 Å². The Hall–Kier alpha value is -1.63. The van der Waals surface area contributed by atoms with E-state index in [1.165, 1.54) is 12.0 Å². The molecule has 0 unspecified atom stereocenters. The number of methoxy groups -OCH3 is 1. The summed E-state index contributed by atoms with van der Waals surface area (Å²) in [5, 5.41) is 9.74. The second-order valence-electron chi connectivity index (χ2n) is 6.67. The summed E-state index contributed by atoms with van der Waals surface area (Å²) in [4.78, 5) is 28.7. The Labute approximate surface area is 153 Å². The van der Waals surface area contributed by atoms with Gasteiger partial charge in [0.1, 0.15) is 5.54 Å². The van der Waals surface area contributed by atoms with E-state index in [0.717, 1.165) is 5.56 Å². The summed E-state index contributed by atoms with van der Waals surface area (Å²) >= 11 is 5.98. The smallest absolute Gasteiger partial charge is 0.326 e. The van der Waals surface area contributed by atoms with Crippen LogP contribution in [0.3, 0.4) is 0 Å². The first-order chi connectivity index (χ1) is 11.8. The Balaban J connectivity index is 2.44. The van der Waals surface area contributed by atoms with Crippen molar-refractivity contribution in [2.24, 2.45) is 5.92 Å². The lowest BCUT2D eigenvalue weighted by Gasteiger charge is -2.33. The topological polar surface area (TPSA) is 70.1 Å². The molecule has 1 aliphatic rings. The fraction of sp³-hybridized carbons (Fsp3) is 0.556. The molecule has 7 heteroatoms. The van der Waals surface area contributed by atoms with Gasteiger partial charge in [0, 0.05) is 24.7 Å². The summed E-state index contributed by atoms with van der Waals surface area (Å²) < 4.78 is 4.98. The van der Waals surface area contributed by atoms with Crippen LogP contribution in [0.5, 0.6) is 0 Å². The Bertz CT molecular complexity index is 636. The Morgan fingerprint density at radius 2 is 2.00 bits per heavy atom. The minimum atomic E-state index is -0.903. The maximum atomic E-state index is 12.9. The molecule has 1 amide bonds. The second-order valence-corrected chi connectivity index (χ2v) is 7.10. The lowest BCUT2D eigenvalue weighted by Crippen LogP contribution is -2.47. The number of hydrogen-bond donors (Lipinski definition) is 1. The summed E-state index contributed by atoms with van der Waals surface area (Å²) in [5.41, 5.74) is 0.00895. The van der Waals surface area contributed by atoms with Crippen molar-refractivity contribution < 1.29 is 19.4 Å². The molecule has 1 aliphatic heterocycles. The number of nitrogens with zero attached hydrogens (tertiary/aromatic N) is 2. The Morgan fingerprint density at radius 1 is 1.40 bits per heavy atom. The first kappa shape index (κ1) is 19.7. The molecule has 0 radical (unpaired) electrons. The molecule has 0 aromatic heterocycles. The summed E-state index contributed by atoms with van der Waals surface area (Å²) in [6.07, 6.45) is 0.345. The molecule has 0 aliphatic carbocycles. The highest BCUT2D eigenvalue weighted by Gasteiger charge is 2.55. The highest BCUT2D eigenvalue weighted by molar-refractivity contribution is 6.30. The van der Waals surface area contributed by atoms with Gasteiger partial charge in [-0.3, -0.25) is 14.5 Å². The Kier molecular flexibility index (Phi) is 6.08. The zero-order valence-corrected chi connectivity index (χ0v) is 15.8. The van der Waals surface area contributed by atoms with E-state index in [1.54, 1.807) is 26.1 Å². The normalized spacial score (nSPS) is 26.5. The molecule has 0 spiro atoms. The quantitative estimate of drug-likeness (QED) is 0.801. The first-order valence-electron chi connectivity index (χ1n) is 8.19. The van der Waals surface area contributed by atoms with Crippen LogP contribution < -0.4 is 0 Å². The van der Waals surface area contributed by atoms with Crippen molar-refractivity contribution in [1.82, 2.24) is 9.80 Å². The van der Waals surface area contributed by atoms with E-state index >= 15 is 0 Å². The lowest BCUT2D eigenvalue weighted by molar-refractivity contribution is -0.152. The van der Waals surface area contributed by atoms with Gasteiger partial charge in [0.2, 0.25) is 5.91 Å². The molecular weight excluding hydrogens is 344 g/mol. The van der Waals surface area contributed by atoms with Crippen molar-refractivity contribution in [3.63, 3.8) is 0 Å². The predicted molar refractivity (Wildman–Crippen MR) is 95.2 cm³/mol. The molecule has 1 heterocycles. The van der Waals surface area contributed by atoms with Crippen molar-refractivity contribution in [2.45, 2.75) is 24.9 Å². The van der Waals surface area contributed by atoms with Crippen molar-refractivity contribution in [3.8, 4) is 0 Å². The summed E-state index contributed by atoms with van der Waals surface area (Å²) in [7, 11) is 4.84. The van der Waals surface area contributed by atoms with Crippen molar-refractivity contribution in [2.75, 3.05) is 34.4 Å². The highest BCUT2D eigenvalue weighted by Crippen LogP contribution is 2.46. The predicted octanol–water partition coefficient (Wildman–Crippen LogP) is 1.72. The summed E-state index contributed by atoms with van der Waals surface area (Å²) in [6.45, 7) is 1.94. The minimum Gasteiger partial charge on any atom is -0.468 e. The van der Waals surface area contributed by atoms with Crippen molar-refractivity contribution in [1.29, 1.82) is 0 Å². The maximum absolute atomic E-state index is 12.9. The number of hydrogen-bond acceptors (Lipinski definition) is 5. The van der Waals surface area contributed by atoms with Gasteiger partial charge in [-0.25, -0.2) is 0 Å². The van der Waals surface area contributed by atoms with Crippen molar-refractivity contribution in [3.05, 3.63) is 34.9 Å². The molecule has 1 aromatic rings. The van der Waals surface area contributed by atoms with E-state index in [2.05, 4.69) is 0 Å². The molecule has 0 saturated carbocycles. The molecule has 1 N–H and O–H groups in total. The zero-order chi connectivity index (χ0) is 18.8. The van der Waals surface area contributed by atoms with Gasteiger partial charge in [-0.1, -0.05) is 23.7 Å². The molecule has 3 atom stereocenters. The fourth-order valence-corrected chi connectivity index (χ4v) is 3.72. The van der Waals surface area contributed by atoms with Crippen LogP contribution in [0, 0.1) is 5.92 Å². The number of amides is 1. The van der Waals surface area contributed by atoms with Gasteiger partial charge in [0.15, 0.2) is 0 Å². The van der Waals surface area contributed by atoms with Gasteiger partial charge in [-0.2, -0.15) is 0 Å². The number of carbonyl (C=O) groups excluding carboxylic acids is 2. The number of aliphatic hydroxyl groups excluding tert-OH is 1.